The summed E-state index contributed by atoms with van der Waals surface area (Å²) >= 11 is 7.94. The Morgan fingerprint density at radius 3 is 2.63 bits per heavy atom. The fraction of sp³-hybridized carbons (Fsp3) is 0.444. The van der Waals surface area contributed by atoms with Crippen molar-refractivity contribution in [2.75, 3.05) is 56.2 Å². The summed E-state index contributed by atoms with van der Waals surface area (Å²) in [6.07, 6.45) is 2.64. The predicted molar refractivity (Wildman–Crippen MR) is 106 cm³/mol. The van der Waals surface area contributed by atoms with Crippen LogP contribution in [0.1, 0.15) is 6.42 Å². The molecule has 3 heterocycles. The standard InChI is InChI=1S/C18H21ClN4O3S/c19-13-10-15-16(26-8-1-7-25-15)11-14(13)21-17(24)12-22-3-5-23(6-4-22)18-20-2-9-27-18/h2,9-11H,1,3-8,12H2,(H,21,24). The maximum Gasteiger partial charge on any atom is 0.238 e. The zero-order chi connectivity index (χ0) is 18.6. The van der Waals surface area contributed by atoms with E-state index < -0.39 is 0 Å². The first kappa shape index (κ1) is 18.3. The topological polar surface area (TPSA) is 66.9 Å². The molecule has 0 aliphatic carbocycles. The van der Waals surface area contributed by atoms with Gasteiger partial charge in [-0.15, -0.1) is 11.3 Å². The molecule has 1 amide bonds. The van der Waals surface area contributed by atoms with Crippen molar-refractivity contribution in [3.05, 3.63) is 28.7 Å². The second-order valence-corrected chi connectivity index (χ2v) is 7.74. The lowest BCUT2D eigenvalue weighted by molar-refractivity contribution is -0.117. The molecule has 2 aliphatic heterocycles. The predicted octanol–water partition coefficient (Wildman–Crippen LogP) is 2.72. The van der Waals surface area contributed by atoms with Crippen molar-refractivity contribution in [1.29, 1.82) is 0 Å². The molecule has 1 fully saturated rings. The van der Waals surface area contributed by atoms with Gasteiger partial charge in [0.25, 0.3) is 0 Å². The largest absolute Gasteiger partial charge is 0.490 e. The number of piperazine rings is 1. The van der Waals surface area contributed by atoms with Crippen LogP contribution in [0.3, 0.4) is 0 Å². The van der Waals surface area contributed by atoms with Crippen LogP contribution < -0.4 is 19.7 Å². The number of hydrogen-bond acceptors (Lipinski definition) is 7. The highest BCUT2D eigenvalue weighted by Gasteiger charge is 2.21. The molecule has 0 unspecified atom stereocenters. The fourth-order valence-electron chi connectivity index (χ4n) is 3.14. The maximum atomic E-state index is 12.5. The van der Waals surface area contributed by atoms with Crippen molar-refractivity contribution in [1.82, 2.24) is 9.88 Å². The SMILES string of the molecule is O=C(CN1CCN(c2nccs2)CC1)Nc1cc2c(cc1Cl)OCCCO2. The van der Waals surface area contributed by atoms with Crippen LogP contribution in [0.15, 0.2) is 23.7 Å². The van der Waals surface area contributed by atoms with Gasteiger partial charge in [0.05, 0.1) is 30.5 Å². The van der Waals surface area contributed by atoms with Crippen LogP contribution in [0.4, 0.5) is 10.8 Å². The maximum absolute atomic E-state index is 12.5. The lowest BCUT2D eigenvalue weighted by Crippen LogP contribution is -2.48. The summed E-state index contributed by atoms with van der Waals surface area (Å²) in [5, 5.41) is 6.36. The molecule has 1 aromatic heterocycles. The molecule has 1 N–H and O–H groups in total. The molecule has 0 spiro atoms. The van der Waals surface area contributed by atoms with Crippen LogP contribution in [-0.4, -0.2) is 61.7 Å². The summed E-state index contributed by atoms with van der Waals surface area (Å²) in [4.78, 5) is 21.2. The molecule has 4 rings (SSSR count). The minimum atomic E-state index is -0.0888. The van der Waals surface area contributed by atoms with Gasteiger partial charge in [0.1, 0.15) is 0 Å². The Bertz CT molecular complexity index is 794. The van der Waals surface area contributed by atoms with E-state index in [1.807, 2.05) is 11.6 Å². The van der Waals surface area contributed by atoms with Gasteiger partial charge in [-0.25, -0.2) is 4.98 Å². The summed E-state index contributed by atoms with van der Waals surface area (Å²) in [7, 11) is 0. The highest BCUT2D eigenvalue weighted by molar-refractivity contribution is 7.13. The summed E-state index contributed by atoms with van der Waals surface area (Å²) in [6, 6.07) is 3.44. The number of thiazole rings is 1. The molecule has 7 nitrogen and oxygen atoms in total. The second kappa shape index (κ2) is 8.33. The number of anilines is 2. The van der Waals surface area contributed by atoms with Crippen LogP contribution in [0, 0.1) is 0 Å². The Kier molecular flexibility index (Phi) is 5.66. The monoisotopic (exact) mass is 408 g/mol. The van der Waals surface area contributed by atoms with Gasteiger partial charge in [0.2, 0.25) is 5.91 Å². The van der Waals surface area contributed by atoms with Crippen LogP contribution in [0.25, 0.3) is 0 Å². The fourth-order valence-corrected chi connectivity index (χ4v) is 4.04. The molecule has 0 saturated carbocycles. The number of carbonyl (C=O) groups is 1. The number of ether oxygens (including phenoxy) is 2. The lowest BCUT2D eigenvalue weighted by Gasteiger charge is -2.34. The third-order valence-corrected chi connectivity index (χ3v) is 5.69. The van der Waals surface area contributed by atoms with E-state index in [-0.39, 0.29) is 5.91 Å². The molecule has 0 atom stereocenters. The minimum Gasteiger partial charge on any atom is -0.490 e. The number of amides is 1. The van der Waals surface area contributed by atoms with Gasteiger partial charge >= 0.3 is 0 Å². The molecule has 27 heavy (non-hydrogen) atoms. The highest BCUT2D eigenvalue weighted by atomic mass is 35.5. The van der Waals surface area contributed by atoms with Crippen molar-refractivity contribution in [2.24, 2.45) is 0 Å². The Morgan fingerprint density at radius 1 is 1.19 bits per heavy atom. The Hall–Kier alpha value is -2.03. The summed E-state index contributed by atoms with van der Waals surface area (Å²) in [5.41, 5.74) is 0.548. The van der Waals surface area contributed by atoms with Gasteiger partial charge in [-0.2, -0.15) is 0 Å². The third-order valence-electron chi connectivity index (χ3n) is 4.54. The van der Waals surface area contributed by atoms with Gasteiger partial charge in [0.15, 0.2) is 16.6 Å². The Labute approximate surface area is 166 Å². The Morgan fingerprint density at radius 2 is 1.93 bits per heavy atom. The van der Waals surface area contributed by atoms with E-state index >= 15 is 0 Å². The number of carbonyl (C=O) groups excluding carboxylic acids is 1. The van der Waals surface area contributed by atoms with Gasteiger partial charge in [-0.3, -0.25) is 9.69 Å². The van der Waals surface area contributed by atoms with E-state index in [4.69, 9.17) is 21.1 Å². The zero-order valence-corrected chi connectivity index (χ0v) is 16.4. The van der Waals surface area contributed by atoms with Crippen molar-refractivity contribution in [3.8, 4) is 11.5 Å². The van der Waals surface area contributed by atoms with Crippen molar-refractivity contribution < 1.29 is 14.3 Å². The molecule has 2 aromatic rings. The van der Waals surface area contributed by atoms with E-state index in [2.05, 4.69) is 20.1 Å². The van der Waals surface area contributed by atoms with E-state index in [9.17, 15) is 4.79 Å². The molecule has 144 valence electrons. The summed E-state index contributed by atoms with van der Waals surface area (Å²) in [5.74, 6) is 1.15. The first-order chi connectivity index (χ1) is 13.2. The second-order valence-electron chi connectivity index (χ2n) is 6.46. The number of hydrogen-bond donors (Lipinski definition) is 1. The van der Waals surface area contributed by atoms with Crippen molar-refractivity contribution in [3.63, 3.8) is 0 Å². The summed E-state index contributed by atoms with van der Waals surface area (Å²) < 4.78 is 11.3. The average molecular weight is 409 g/mol. The zero-order valence-electron chi connectivity index (χ0n) is 14.8. The molecule has 0 radical (unpaired) electrons. The van der Waals surface area contributed by atoms with E-state index in [1.165, 1.54) is 0 Å². The number of nitrogens with one attached hydrogen (secondary N) is 1. The third kappa shape index (κ3) is 4.45. The van der Waals surface area contributed by atoms with Crippen LogP contribution in [0.2, 0.25) is 5.02 Å². The van der Waals surface area contributed by atoms with Crippen molar-refractivity contribution >= 4 is 39.7 Å². The van der Waals surface area contributed by atoms with Gasteiger partial charge < -0.3 is 19.7 Å². The van der Waals surface area contributed by atoms with Crippen LogP contribution in [-0.2, 0) is 4.79 Å². The highest BCUT2D eigenvalue weighted by Crippen LogP contribution is 2.37. The lowest BCUT2D eigenvalue weighted by atomic mass is 10.2. The molecule has 9 heteroatoms. The quantitative estimate of drug-likeness (QED) is 0.839. The average Bonchev–Trinajstić information content (AvgIpc) is 3.10. The number of halogens is 1. The van der Waals surface area contributed by atoms with Crippen molar-refractivity contribution in [2.45, 2.75) is 6.42 Å². The summed E-state index contributed by atoms with van der Waals surface area (Å²) in [6.45, 7) is 4.89. The van der Waals surface area contributed by atoms with E-state index in [0.717, 1.165) is 37.7 Å². The van der Waals surface area contributed by atoms with E-state index in [1.54, 1.807) is 23.5 Å². The number of nitrogens with zero attached hydrogens (tertiary/aromatic N) is 3. The van der Waals surface area contributed by atoms with Gasteiger partial charge in [-0.05, 0) is 0 Å². The van der Waals surface area contributed by atoms with Crippen LogP contribution >= 0.6 is 22.9 Å². The first-order valence-corrected chi connectivity index (χ1v) is 10.2. The number of fused-ring (bicyclic) bond motifs is 1. The molecule has 0 bridgehead atoms. The van der Waals surface area contributed by atoms with E-state index in [0.29, 0.717) is 42.0 Å². The number of aromatic nitrogens is 1. The van der Waals surface area contributed by atoms with Crippen LogP contribution in [0.5, 0.6) is 11.5 Å². The molecular weight excluding hydrogens is 388 g/mol. The number of benzene rings is 1. The molecular formula is C18H21ClN4O3S. The molecule has 1 aromatic carbocycles. The minimum absolute atomic E-state index is 0.0888. The smallest absolute Gasteiger partial charge is 0.238 e. The molecule has 2 aliphatic rings. The first-order valence-electron chi connectivity index (χ1n) is 8.95. The Balaban J connectivity index is 1.33. The normalized spacial score (nSPS) is 17.4. The van der Waals surface area contributed by atoms with Gasteiger partial charge in [0, 0.05) is 56.3 Å². The number of rotatable bonds is 4. The molecule has 1 saturated heterocycles. The van der Waals surface area contributed by atoms with Gasteiger partial charge in [-0.1, -0.05) is 11.6 Å².